The molecule has 134 valence electrons. The molecule has 3 rings (SSSR count). The summed E-state index contributed by atoms with van der Waals surface area (Å²) in [6, 6.07) is 27.9. The maximum absolute atomic E-state index is 13.9. The second-order valence-corrected chi connectivity index (χ2v) is 6.08. The first-order chi connectivity index (χ1) is 12.6. The van der Waals surface area contributed by atoms with E-state index in [0.717, 1.165) is 16.7 Å². The Morgan fingerprint density at radius 2 is 1.00 bits per heavy atom. The SMILES string of the molecule is OCC(F)(F)COC(c1ccccc1)(c1ccccc1)c1ccccc1. The van der Waals surface area contributed by atoms with Gasteiger partial charge in [-0.05, 0) is 16.7 Å². The highest BCUT2D eigenvalue weighted by Gasteiger charge is 2.41. The van der Waals surface area contributed by atoms with Gasteiger partial charge in [-0.3, -0.25) is 0 Å². The maximum atomic E-state index is 13.9. The van der Waals surface area contributed by atoms with Gasteiger partial charge in [0.15, 0.2) is 0 Å². The average molecular weight is 354 g/mol. The molecule has 0 unspecified atom stereocenters. The van der Waals surface area contributed by atoms with E-state index in [2.05, 4.69) is 0 Å². The summed E-state index contributed by atoms with van der Waals surface area (Å²) >= 11 is 0. The Kier molecular flexibility index (Phi) is 5.45. The van der Waals surface area contributed by atoms with Crippen LogP contribution in [0.3, 0.4) is 0 Å². The second kappa shape index (κ2) is 7.77. The van der Waals surface area contributed by atoms with Crippen LogP contribution in [0.2, 0.25) is 0 Å². The molecule has 0 radical (unpaired) electrons. The van der Waals surface area contributed by atoms with Crippen LogP contribution in [0.4, 0.5) is 8.78 Å². The zero-order valence-corrected chi connectivity index (χ0v) is 14.2. The monoisotopic (exact) mass is 354 g/mol. The predicted molar refractivity (Wildman–Crippen MR) is 97.2 cm³/mol. The van der Waals surface area contributed by atoms with Crippen LogP contribution in [0.25, 0.3) is 0 Å². The van der Waals surface area contributed by atoms with E-state index in [0.29, 0.717) is 0 Å². The van der Waals surface area contributed by atoms with E-state index >= 15 is 0 Å². The summed E-state index contributed by atoms with van der Waals surface area (Å²) in [6.45, 7) is -2.16. The maximum Gasteiger partial charge on any atom is 0.293 e. The lowest BCUT2D eigenvalue weighted by atomic mass is 9.80. The molecule has 0 aliphatic carbocycles. The van der Waals surface area contributed by atoms with Gasteiger partial charge in [-0.25, -0.2) is 8.78 Å². The molecule has 0 amide bonds. The van der Waals surface area contributed by atoms with Crippen molar-refractivity contribution in [1.29, 1.82) is 0 Å². The normalized spacial score (nSPS) is 12.1. The fourth-order valence-electron chi connectivity index (χ4n) is 3.03. The smallest absolute Gasteiger partial charge is 0.293 e. The molecule has 0 bridgehead atoms. The van der Waals surface area contributed by atoms with Crippen LogP contribution in [0.1, 0.15) is 16.7 Å². The van der Waals surface area contributed by atoms with Gasteiger partial charge in [0.25, 0.3) is 5.92 Å². The van der Waals surface area contributed by atoms with Crippen LogP contribution in [-0.2, 0) is 10.3 Å². The Labute approximate surface area is 151 Å². The van der Waals surface area contributed by atoms with Crippen molar-refractivity contribution in [2.24, 2.45) is 0 Å². The molecule has 0 aliphatic rings. The van der Waals surface area contributed by atoms with Gasteiger partial charge < -0.3 is 9.84 Å². The van der Waals surface area contributed by atoms with Crippen LogP contribution in [0, 0.1) is 0 Å². The van der Waals surface area contributed by atoms with Crippen molar-refractivity contribution in [3.8, 4) is 0 Å². The van der Waals surface area contributed by atoms with Crippen LogP contribution in [-0.4, -0.2) is 24.2 Å². The van der Waals surface area contributed by atoms with Gasteiger partial charge >= 0.3 is 0 Å². The highest BCUT2D eigenvalue weighted by molar-refractivity contribution is 5.47. The first-order valence-corrected chi connectivity index (χ1v) is 8.38. The van der Waals surface area contributed by atoms with Gasteiger partial charge in [0.05, 0.1) is 0 Å². The number of rotatable bonds is 7. The van der Waals surface area contributed by atoms with Crippen molar-refractivity contribution in [2.75, 3.05) is 13.2 Å². The zero-order chi connectivity index (χ0) is 18.5. The zero-order valence-electron chi connectivity index (χ0n) is 14.2. The summed E-state index contributed by atoms with van der Waals surface area (Å²) < 4.78 is 33.6. The van der Waals surface area contributed by atoms with Crippen molar-refractivity contribution in [3.63, 3.8) is 0 Å². The summed E-state index contributed by atoms with van der Waals surface area (Å²) in [5.41, 5.74) is 1.02. The molecule has 0 aliphatic heterocycles. The molecule has 4 heteroatoms. The lowest BCUT2D eigenvalue weighted by Crippen LogP contribution is -2.39. The summed E-state index contributed by atoms with van der Waals surface area (Å²) in [7, 11) is 0. The standard InChI is InChI=1S/C22H20F2O2/c23-21(24,16-25)17-26-22(18-10-4-1-5-11-18,19-12-6-2-7-13-19)20-14-8-3-9-15-20/h1-15,25H,16-17H2. The topological polar surface area (TPSA) is 29.5 Å². The third-order valence-corrected chi connectivity index (χ3v) is 4.27. The molecule has 0 aromatic heterocycles. The largest absolute Gasteiger partial charge is 0.390 e. The number of aliphatic hydroxyl groups is 1. The Morgan fingerprint density at radius 3 is 1.31 bits per heavy atom. The van der Waals surface area contributed by atoms with E-state index in [-0.39, 0.29) is 0 Å². The molecule has 3 aromatic carbocycles. The number of benzene rings is 3. The number of alkyl halides is 2. The number of aliphatic hydroxyl groups excluding tert-OH is 1. The summed E-state index contributed by atoms with van der Waals surface area (Å²) in [5, 5.41) is 8.97. The van der Waals surface area contributed by atoms with Gasteiger partial charge in [0.1, 0.15) is 18.8 Å². The Balaban J connectivity index is 2.21. The molecular formula is C22H20F2O2. The summed E-state index contributed by atoms with van der Waals surface area (Å²) in [6.07, 6.45) is 0. The average Bonchev–Trinajstić information content (AvgIpc) is 2.71. The lowest BCUT2D eigenvalue weighted by molar-refractivity contribution is -0.137. The lowest BCUT2D eigenvalue weighted by Gasteiger charge is -2.36. The quantitative estimate of drug-likeness (QED) is 0.627. The Bertz CT molecular complexity index is 709. The van der Waals surface area contributed by atoms with Crippen molar-refractivity contribution >= 4 is 0 Å². The van der Waals surface area contributed by atoms with Crippen molar-refractivity contribution in [1.82, 2.24) is 0 Å². The molecule has 0 spiro atoms. The highest BCUT2D eigenvalue weighted by Crippen LogP contribution is 2.41. The third kappa shape index (κ3) is 3.66. The first-order valence-electron chi connectivity index (χ1n) is 8.38. The first kappa shape index (κ1) is 18.2. The fraction of sp³-hybridized carbons (Fsp3) is 0.182. The molecular weight excluding hydrogens is 334 g/mol. The second-order valence-electron chi connectivity index (χ2n) is 6.08. The number of ether oxygens (including phenoxy) is 1. The molecule has 0 saturated carbocycles. The molecule has 0 saturated heterocycles. The number of hydrogen-bond acceptors (Lipinski definition) is 2. The highest BCUT2D eigenvalue weighted by atomic mass is 19.3. The molecule has 0 atom stereocenters. The van der Waals surface area contributed by atoms with E-state index in [4.69, 9.17) is 9.84 Å². The minimum atomic E-state index is -3.33. The third-order valence-electron chi connectivity index (χ3n) is 4.27. The Morgan fingerprint density at radius 1 is 0.654 bits per heavy atom. The minimum absolute atomic E-state index is 0.742. The Hall–Kier alpha value is -2.56. The van der Waals surface area contributed by atoms with Crippen LogP contribution in [0.15, 0.2) is 91.0 Å². The van der Waals surface area contributed by atoms with Gasteiger partial charge in [-0.15, -0.1) is 0 Å². The van der Waals surface area contributed by atoms with E-state index in [1.54, 1.807) is 0 Å². The predicted octanol–water partition coefficient (Wildman–Crippen LogP) is 4.62. The molecule has 3 aromatic rings. The summed E-state index contributed by atoms with van der Waals surface area (Å²) in [4.78, 5) is 0. The number of hydrogen-bond donors (Lipinski definition) is 1. The van der Waals surface area contributed by atoms with Crippen molar-refractivity contribution in [3.05, 3.63) is 108 Å². The van der Waals surface area contributed by atoms with Crippen molar-refractivity contribution < 1.29 is 18.6 Å². The van der Waals surface area contributed by atoms with Crippen LogP contribution < -0.4 is 0 Å². The molecule has 2 nitrogen and oxygen atoms in total. The van der Waals surface area contributed by atoms with E-state index in [1.807, 2.05) is 91.0 Å². The number of halogens is 2. The fourth-order valence-corrected chi connectivity index (χ4v) is 3.03. The van der Waals surface area contributed by atoms with Gasteiger partial charge in [0.2, 0.25) is 0 Å². The van der Waals surface area contributed by atoms with Crippen LogP contribution >= 0.6 is 0 Å². The van der Waals surface area contributed by atoms with Gasteiger partial charge in [-0.2, -0.15) is 0 Å². The molecule has 1 N–H and O–H groups in total. The minimum Gasteiger partial charge on any atom is -0.390 e. The van der Waals surface area contributed by atoms with E-state index < -0.39 is 24.7 Å². The molecule has 26 heavy (non-hydrogen) atoms. The molecule has 0 heterocycles. The van der Waals surface area contributed by atoms with Crippen LogP contribution in [0.5, 0.6) is 0 Å². The summed E-state index contributed by atoms with van der Waals surface area (Å²) in [5.74, 6) is -3.33. The van der Waals surface area contributed by atoms with E-state index in [9.17, 15) is 8.78 Å². The van der Waals surface area contributed by atoms with Crippen molar-refractivity contribution in [2.45, 2.75) is 11.5 Å². The van der Waals surface area contributed by atoms with Gasteiger partial charge in [-0.1, -0.05) is 91.0 Å². The van der Waals surface area contributed by atoms with E-state index in [1.165, 1.54) is 0 Å². The molecule has 0 fully saturated rings. The van der Waals surface area contributed by atoms with Gasteiger partial charge in [0, 0.05) is 0 Å².